The van der Waals surface area contributed by atoms with Crippen LogP contribution < -0.4 is 10.0 Å². The first kappa shape index (κ1) is 27.1. The van der Waals surface area contributed by atoms with Gasteiger partial charge in [0.15, 0.2) is 5.82 Å². The highest BCUT2D eigenvalue weighted by atomic mass is 32.2. The molecule has 0 atom stereocenters. The summed E-state index contributed by atoms with van der Waals surface area (Å²) in [6, 6.07) is 9.95. The van der Waals surface area contributed by atoms with Crippen LogP contribution in [0.4, 0.5) is 24.7 Å². The molecule has 0 bridgehead atoms. The van der Waals surface area contributed by atoms with Crippen LogP contribution in [0, 0.1) is 17.5 Å². The molecule has 4 aromatic rings. The van der Waals surface area contributed by atoms with Crippen molar-refractivity contribution in [2.24, 2.45) is 0 Å². The van der Waals surface area contributed by atoms with Crippen molar-refractivity contribution in [3.63, 3.8) is 0 Å². The molecule has 12 heteroatoms. The van der Waals surface area contributed by atoms with Crippen LogP contribution in [-0.2, 0) is 10.0 Å². The number of rotatable bonds is 7. The molecule has 3 heterocycles. The Morgan fingerprint density at radius 1 is 1.05 bits per heavy atom. The second-order valence-corrected chi connectivity index (χ2v) is 12.0. The fraction of sp³-hybridized carbons (Fsp3) is 0.259. The number of hydrogen-bond acceptors (Lipinski definition) is 7. The molecule has 1 aliphatic rings. The molecule has 1 fully saturated rings. The molecule has 0 aliphatic carbocycles. The van der Waals surface area contributed by atoms with E-state index in [1.54, 1.807) is 13.2 Å². The highest BCUT2D eigenvalue weighted by molar-refractivity contribution is 7.92. The van der Waals surface area contributed by atoms with Gasteiger partial charge in [-0.2, -0.15) is 0 Å². The monoisotopic (exact) mass is 573 g/mol. The lowest BCUT2D eigenvalue weighted by atomic mass is 9.98. The number of thiazole rings is 1. The van der Waals surface area contributed by atoms with Gasteiger partial charge in [-0.1, -0.05) is 6.07 Å². The number of piperidine rings is 1. The molecule has 7 nitrogen and oxygen atoms in total. The van der Waals surface area contributed by atoms with E-state index in [0.717, 1.165) is 47.4 Å². The Labute approximate surface area is 228 Å². The minimum Gasteiger partial charge on any atom is -0.373 e. The van der Waals surface area contributed by atoms with E-state index in [1.165, 1.54) is 29.5 Å². The van der Waals surface area contributed by atoms with E-state index in [2.05, 4.69) is 27.0 Å². The number of benzene rings is 2. The quantitative estimate of drug-likeness (QED) is 0.285. The fourth-order valence-corrected chi connectivity index (χ4v) is 6.93. The normalized spacial score (nSPS) is 14.9. The summed E-state index contributed by atoms with van der Waals surface area (Å²) in [5.41, 5.74) is 0.843. The van der Waals surface area contributed by atoms with Crippen LogP contribution >= 0.6 is 11.3 Å². The number of pyridine rings is 1. The molecule has 1 aliphatic heterocycles. The van der Waals surface area contributed by atoms with Crippen molar-refractivity contribution >= 4 is 32.9 Å². The lowest BCUT2D eigenvalue weighted by Gasteiger charge is -2.27. The zero-order valence-corrected chi connectivity index (χ0v) is 22.8. The molecular weight excluding hydrogens is 547 g/mol. The van der Waals surface area contributed by atoms with Crippen molar-refractivity contribution in [2.75, 3.05) is 37.2 Å². The Bertz CT molecular complexity index is 1620. The maximum absolute atomic E-state index is 16.0. The zero-order chi connectivity index (χ0) is 27.7. The van der Waals surface area contributed by atoms with Crippen LogP contribution in [0.2, 0.25) is 0 Å². The highest BCUT2D eigenvalue weighted by Crippen LogP contribution is 2.43. The van der Waals surface area contributed by atoms with Gasteiger partial charge in [0.2, 0.25) is 0 Å². The minimum atomic E-state index is -4.62. The number of nitrogens with one attached hydrogen (secondary N) is 2. The van der Waals surface area contributed by atoms with E-state index in [4.69, 9.17) is 4.98 Å². The van der Waals surface area contributed by atoms with Gasteiger partial charge >= 0.3 is 0 Å². The van der Waals surface area contributed by atoms with Crippen molar-refractivity contribution < 1.29 is 21.6 Å². The number of aromatic nitrogens is 2. The first-order chi connectivity index (χ1) is 18.7. The van der Waals surface area contributed by atoms with Crippen LogP contribution in [0.5, 0.6) is 0 Å². The van der Waals surface area contributed by atoms with Crippen molar-refractivity contribution in [3.8, 4) is 21.7 Å². The zero-order valence-electron chi connectivity index (χ0n) is 21.2. The molecule has 0 saturated carbocycles. The Morgan fingerprint density at radius 2 is 1.82 bits per heavy atom. The number of anilines is 2. The molecule has 2 aromatic heterocycles. The van der Waals surface area contributed by atoms with Gasteiger partial charge < -0.3 is 10.2 Å². The average Bonchev–Trinajstić information content (AvgIpc) is 3.37. The fourth-order valence-electron chi connectivity index (χ4n) is 4.53. The standard InChI is InChI=1S/C27H26F3N5O2S2/c1-31-23-14-17(8-11-32-23)26-25(33-27(38-26)16-9-12-35(2)13-10-16)19-4-3-5-21(24(19)30)34-39(36,37)22-15-18(28)6-7-20(22)29/h3-8,11,14-16,34H,9-10,12-13H2,1-2H3,(H,31,32). The van der Waals surface area contributed by atoms with Crippen LogP contribution in [0.3, 0.4) is 0 Å². The van der Waals surface area contributed by atoms with Gasteiger partial charge in [0.05, 0.1) is 21.3 Å². The molecule has 39 heavy (non-hydrogen) atoms. The number of halogens is 3. The maximum atomic E-state index is 16.0. The van der Waals surface area contributed by atoms with Crippen molar-refractivity contribution in [1.29, 1.82) is 0 Å². The summed E-state index contributed by atoms with van der Waals surface area (Å²) in [6.07, 6.45) is 3.49. The molecule has 1 saturated heterocycles. The van der Waals surface area contributed by atoms with Gasteiger partial charge in [0.1, 0.15) is 22.3 Å². The van der Waals surface area contributed by atoms with Gasteiger partial charge in [-0.3, -0.25) is 4.72 Å². The van der Waals surface area contributed by atoms with Crippen molar-refractivity contribution in [1.82, 2.24) is 14.9 Å². The summed E-state index contributed by atoms with van der Waals surface area (Å²) in [6.45, 7) is 1.85. The molecule has 0 unspecified atom stereocenters. The second-order valence-electron chi connectivity index (χ2n) is 9.33. The van der Waals surface area contributed by atoms with Gasteiger partial charge in [-0.25, -0.2) is 31.6 Å². The molecule has 0 radical (unpaired) electrons. The third kappa shape index (κ3) is 5.63. The van der Waals surface area contributed by atoms with Gasteiger partial charge in [0, 0.05) is 24.7 Å². The first-order valence-corrected chi connectivity index (χ1v) is 14.6. The third-order valence-electron chi connectivity index (χ3n) is 6.67. The molecule has 2 N–H and O–H groups in total. The Balaban J connectivity index is 1.59. The molecular formula is C27H26F3N5O2S2. The molecule has 0 amide bonds. The first-order valence-electron chi connectivity index (χ1n) is 12.3. The third-order valence-corrected chi connectivity index (χ3v) is 9.32. The largest absolute Gasteiger partial charge is 0.373 e. The van der Waals surface area contributed by atoms with Gasteiger partial charge in [-0.05, 0) is 81.0 Å². The summed E-state index contributed by atoms with van der Waals surface area (Å²) in [4.78, 5) is 11.2. The minimum absolute atomic E-state index is 0.0863. The summed E-state index contributed by atoms with van der Waals surface area (Å²) < 4.78 is 71.6. The van der Waals surface area contributed by atoms with Gasteiger partial charge in [-0.15, -0.1) is 11.3 Å². The van der Waals surface area contributed by atoms with Crippen molar-refractivity contribution in [3.05, 3.63) is 77.2 Å². The number of sulfonamides is 1. The SMILES string of the molecule is CNc1cc(-c2sc(C3CCN(C)CC3)nc2-c2cccc(NS(=O)(=O)c3cc(F)ccc3F)c2F)ccn1. The van der Waals surface area contributed by atoms with Crippen LogP contribution in [-0.4, -0.2) is 50.5 Å². The highest BCUT2D eigenvalue weighted by Gasteiger charge is 2.27. The predicted molar refractivity (Wildman–Crippen MR) is 147 cm³/mol. The molecule has 2 aromatic carbocycles. The molecule has 0 spiro atoms. The smallest absolute Gasteiger partial charge is 0.265 e. The van der Waals surface area contributed by atoms with Crippen molar-refractivity contribution in [2.45, 2.75) is 23.7 Å². The van der Waals surface area contributed by atoms with Crippen LogP contribution in [0.1, 0.15) is 23.8 Å². The Kier molecular flexibility index (Phi) is 7.61. The van der Waals surface area contributed by atoms with Crippen LogP contribution in [0.15, 0.2) is 59.6 Å². The van der Waals surface area contributed by atoms with E-state index in [1.807, 2.05) is 12.1 Å². The van der Waals surface area contributed by atoms with E-state index in [9.17, 15) is 17.2 Å². The van der Waals surface area contributed by atoms with E-state index < -0.39 is 38.1 Å². The lowest BCUT2D eigenvalue weighted by Crippen LogP contribution is -2.29. The number of likely N-dealkylation sites (tertiary alicyclic amines) is 1. The van der Waals surface area contributed by atoms with E-state index in [-0.39, 0.29) is 11.5 Å². The number of nitrogens with zero attached hydrogens (tertiary/aromatic N) is 3. The van der Waals surface area contributed by atoms with Crippen LogP contribution in [0.25, 0.3) is 21.7 Å². The summed E-state index contributed by atoms with van der Waals surface area (Å²) >= 11 is 1.48. The Morgan fingerprint density at radius 3 is 2.56 bits per heavy atom. The average molecular weight is 574 g/mol. The van der Waals surface area contributed by atoms with Gasteiger partial charge in [0.25, 0.3) is 10.0 Å². The maximum Gasteiger partial charge on any atom is 0.265 e. The Hall–Kier alpha value is -3.48. The van der Waals surface area contributed by atoms with E-state index >= 15 is 4.39 Å². The number of hydrogen-bond donors (Lipinski definition) is 2. The second kappa shape index (κ2) is 10.9. The molecule has 204 valence electrons. The lowest BCUT2D eigenvalue weighted by molar-refractivity contribution is 0.255. The predicted octanol–water partition coefficient (Wildman–Crippen LogP) is 5.94. The summed E-state index contributed by atoms with van der Waals surface area (Å²) in [5.74, 6) is -2.11. The topological polar surface area (TPSA) is 87.2 Å². The summed E-state index contributed by atoms with van der Waals surface area (Å²) in [7, 11) is -0.798. The van der Waals surface area contributed by atoms with E-state index in [0.29, 0.717) is 23.6 Å². The molecule has 5 rings (SSSR count). The summed E-state index contributed by atoms with van der Waals surface area (Å²) in [5, 5.41) is 3.88.